The van der Waals surface area contributed by atoms with E-state index in [0.717, 1.165) is 24.2 Å². The fourth-order valence-electron chi connectivity index (χ4n) is 6.31. The molecule has 0 unspecified atom stereocenters. The van der Waals surface area contributed by atoms with Crippen molar-refractivity contribution in [2.24, 2.45) is 5.92 Å². The molecule has 0 radical (unpaired) electrons. The van der Waals surface area contributed by atoms with Crippen molar-refractivity contribution in [2.75, 3.05) is 33.4 Å². The summed E-state index contributed by atoms with van der Waals surface area (Å²) in [7, 11) is 1.64. The summed E-state index contributed by atoms with van der Waals surface area (Å²) in [5.41, 5.74) is -0.245. The quantitative estimate of drug-likeness (QED) is 0.183. The van der Waals surface area contributed by atoms with E-state index in [1.807, 2.05) is 0 Å². The van der Waals surface area contributed by atoms with E-state index in [1.165, 1.54) is 11.3 Å². The van der Waals surface area contributed by atoms with Crippen LogP contribution < -0.4 is 10.1 Å². The van der Waals surface area contributed by atoms with Crippen LogP contribution in [0.1, 0.15) is 106 Å². The first-order valence-electron chi connectivity index (χ1n) is 17.4. The van der Waals surface area contributed by atoms with Crippen LogP contribution in [0.4, 0.5) is 4.79 Å². The molecule has 1 aromatic heterocycles. The van der Waals surface area contributed by atoms with Gasteiger partial charge in [-0.2, -0.15) is 0 Å². The molecular formula is C36H50N4O9S. The molecule has 3 atom stereocenters. The molecule has 13 nitrogen and oxygen atoms in total. The highest BCUT2D eigenvalue weighted by atomic mass is 32.1. The van der Waals surface area contributed by atoms with Gasteiger partial charge in [0.1, 0.15) is 34.7 Å². The number of nitrogens with one attached hydrogen (secondary N) is 1. The van der Waals surface area contributed by atoms with E-state index >= 15 is 0 Å². The maximum absolute atomic E-state index is 14.7. The van der Waals surface area contributed by atoms with E-state index < -0.39 is 41.7 Å². The number of hydrogen-bond acceptors (Lipinski definition) is 11. The van der Waals surface area contributed by atoms with Crippen LogP contribution >= 0.6 is 11.3 Å². The first-order chi connectivity index (χ1) is 23.8. The van der Waals surface area contributed by atoms with E-state index in [2.05, 4.69) is 5.32 Å². The van der Waals surface area contributed by atoms with Gasteiger partial charge in [-0.3, -0.25) is 19.2 Å². The van der Waals surface area contributed by atoms with Gasteiger partial charge in [0.15, 0.2) is 0 Å². The average molecular weight is 715 g/mol. The smallest absolute Gasteiger partial charge is 0.417 e. The van der Waals surface area contributed by atoms with Gasteiger partial charge in [-0.05, 0) is 78.5 Å². The van der Waals surface area contributed by atoms with Gasteiger partial charge in [-0.1, -0.05) is 31.4 Å². The Morgan fingerprint density at radius 1 is 1.06 bits per heavy atom. The minimum atomic E-state index is -1.03. The molecule has 1 saturated heterocycles. The van der Waals surface area contributed by atoms with Crippen molar-refractivity contribution in [3.05, 3.63) is 45.9 Å². The monoisotopic (exact) mass is 714 g/mol. The predicted octanol–water partition coefficient (Wildman–Crippen LogP) is 5.23. The highest BCUT2D eigenvalue weighted by Crippen LogP contribution is 2.38. The number of carboxylic acid groups (broad SMARTS) is 1. The van der Waals surface area contributed by atoms with Crippen molar-refractivity contribution >= 4 is 41.0 Å². The molecule has 2 heterocycles. The Bertz CT molecular complexity index is 1500. The zero-order valence-electron chi connectivity index (χ0n) is 29.6. The lowest BCUT2D eigenvalue weighted by Gasteiger charge is -2.40. The number of carboxylic acids is 1. The van der Waals surface area contributed by atoms with Gasteiger partial charge in [-0.15, -0.1) is 11.3 Å². The molecule has 2 fully saturated rings. The molecule has 1 aromatic carbocycles. The summed E-state index contributed by atoms with van der Waals surface area (Å²) in [5.74, 6) is -1.80. The number of ether oxygens (including phenoxy) is 3. The van der Waals surface area contributed by atoms with Crippen molar-refractivity contribution in [2.45, 2.75) is 103 Å². The van der Waals surface area contributed by atoms with Gasteiger partial charge >= 0.3 is 12.1 Å². The molecule has 1 saturated carbocycles. The van der Waals surface area contributed by atoms with Crippen LogP contribution in [-0.2, 0) is 23.9 Å². The van der Waals surface area contributed by atoms with Gasteiger partial charge in [0.05, 0.1) is 31.7 Å². The van der Waals surface area contributed by atoms with Crippen LogP contribution in [0.5, 0.6) is 5.75 Å². The molecule has 1 aliphatic heterocycles. The van der Waals surface area contributed by atoms with Gasteiger partial charge in [0, 0.05) is 17.5 Å². The molecule has 274 valence electrons. The third kappa shape index (κ3) is 10.3. The molecule has 14 heteroatoms. The van der Waals surface area contributed by atoms with Crippen molar-refractivity contribution < 1.29 is 43.3 Å². The maximum Gasteiger partial charge on any atom is 0.417 e. The van der Waals surface area contributed by atoms with E-state index in [9.17, 15) is 24.0 Å². The van der Waals surface area contributed by atoms with Gasteiger partial charge in [0.25, 0.3) is 0 Å². The molecule has 3 amide bonds. The molecule has 0 spiro atoms. The van der Waals surface area contributed by atoms with Gasteiger partial charge in [-0.25, -0.2) is 14.7 Å². The van der Waals surface area contributed by atoms with E-state index in [0.29, 0.717) is 48.5 Å². The first kappa shape index (κ1) is 38.9. The fraction of sp³-hybridized carbons (Fsp3) is 0.611. The number of likely N-dealkylation sites (tertiary alicyclic amines) is 1. The van der Waals surface area contributed by atoms with Gasteiger partial charge in [0.2, 0.25) is 17.6 Å². The van der Waals surface area contributed by atoms with Crippen LogP contribution in [0.15, 0.2) is 29.6 Å². The van der Waals surface area contributed by atoms with Crippen LogP contribution in [-0.4, -0.2) is 101 Å². The largest absolute Gasteiger partial charge is 0.491 e. The summed E-state index contributed by atoms with van der Waals surface area (Å²) in [5, 5.41) is 13.9. The molecule has 0 bridgehead atoms. The van der Waals surface area contributed by atoms with Crippen LogP contribution in [0, 0.1) is 5.92 Å². The molecule has 2 aromatic rings. The Labute approximate surface area is 297 Å². The second-order valence-electron chi connectivity index (χ2n) is 13.8. The van der Waals surface area contributed by atoms with Crippen molar-refractivity contribution in [3.8, 4) is 5.75 Å². The molecule has 4 rings (SSSR count). The van der Waals surface area contributed by atoms with Crippen LogP contribution in [0.3, 0.4) is 0 Å². The Morgan fingerprint density at radius 3 is 2.48 bits per heavy atom. The number of aliphatic carboxylic acids is 1. The lowest BCUT2D eigenvalue weighted by molar-refractivity contribution is -0.149. The van der Waals surface area contributed by atoms with E-state index in [1.54, 1.807) is 69.3 Å². The van der Waals surface area contributed by atoms with Crippen molar-refractivity contribution in [3.63, 3.8) is 0 Å². The highest BCUT2D eigenvalue weighted by Gasteiger charge is 2.47. The Kier molecular flexibility index (Phi) is 13.9. The lowest BCUT2D eigenvalue weighted by atomic mass is 9.82. The fourth-order valence-corrected chi connectivity index (χ4v) is 7.26. The number of benzene rings is 1. The molecule has 2 aliphatic rings. The topological polar surface area (TPSA) is 165 Å². The third-order valence-corrected chi connectivity index (χ3v) is 9.83. The summed E-state index contributed by atoms with van der Waals surface area (Å²) in [6, 6.07) is 4.56. The number of nitrogens with zero attached hydrogens (tertiary/aromatic N) is 3. The summed E-state index contributed by atoms with van der Waals surface area (Å²) < 4.78 is 16.7. The molecule has 1 aliphatic carbocycles. The van der Waals surface area contributed by atoms with Crippen molar-refractivity contribution in [1.29, 1.82) is 0 Å². The zero-order chi connectivity index (χ0) is 36.4. The summed E-state index contributed by atoms with van der Waals surface area (Å²) >= 11 is 1.31. The summed E-state index contributed by atoms with van der Waals surface area (Å²) in [4.78, 5) is 73.9. The van der Waals surface area contributed by atoms with Crippen LogP contribution in [0.25, 0.3) is 0 Å². The van der Waals surface area contributed by atoms with Gasteiger partial charge < -0.3 is 29.5 Å². The Hall–Kier alpha value is -3.88. The van der Waals surface area contributed by atoms with Crippen LogP contribution in [0.2, 0.25) is 0 Å². The number of ketones is 1. The number of thiazole rings is 1. The minimum Gasteiger partial charge on any atom is -0.491 e. The zero-order valence-corrected chi connectivity index (χ0v) is 30.5. The number of likely N-dealkylation sites (N-methyl/N-ethyl adjacent to an activating group) is 1. The number of carbonyl (C=O) groups is 5. The number of imide groups is 1. The third-order valence-electron chi connectivity index (χ3n) is 8.89. The normalized spacial score (nSPS) is 17.9. The lowest BCUT2D eigenvalue weighted by Crippen LogP contribution is -2.60. The molecule has 2 N–H and O–H groups in total. The minimum absolute atomic E-state index is 0.0876. The van der Waals surface area contributed by atoms with Crippen molar-refractivity contribution in [1.82, 2.24) is 20.1 Å². The Balaban J connectivity index is 1.54. The highest BCUT2D eigenvalue weighted by molar-refractivity contribution is 7.10. The predicted molar refractivity (Wildman–Crippen MR) is 186 cm³/mol. The van der Waals surface area contributed by atoms with E-state index in [4.69, 9.17) is 24.3 Å². The average Bonchev–Trinajstić information content (AvgIpc) is 3.77. The Morgan fingerprint density at radius 2 is 1.80 bits per heavy atom. The standard InChI is InChI=1S/C36H50N4O9S/c1-23(37-5)33(44)40(35(46)49-36(2,3)4)30(24-11-7-6-8-12-24)34(45)39-17-10-15-28(39)32-38-27(22-50-32)31(43)25-13-9-14-26(21-25)48-20-19-47-18-16-29(41)42/h9,13-14,21-24,28,30,37H,6-8,10-12,15-20H2,1-5H3,(H,41,42)/t23-,28-,30-/m0/s1. The molecular weight excluding hydrogens is 664 g/mol. The number of amides is 3. The molecule has 50 heavy (non-hydrogen) atoms. The first-order valence-corrected chi connectivity index (χ1v) is 18.2. The van der Waals surface area contributed by atoms with E-state index in [-0.39, 0.29) is 49.5 Å². The second-order valence-corrected chi connectivity index (χ2v) is 14.7. The summed E-state index contributed by atoms with van der Waals surface area (Å²) in [6.45, 7) is 7.78. The summed E-state index contributed by atoms with van der Waals surface area (Å²) in [6.07, 6.45) is 4.69. The maximum atomic E-state index is 14.7. The number of rotatable bonds is 15. The second kappa shape index (κ2) is 17.9. The number of carbonyl (C=O) groups excluding carboxylic acids is 4. The number of aromatic nitrogens is 1. The number of hydrogen-bond donors (Lipinski definition) is 2. The SMILES string of the molecule is CN[C@@H](C)C(=O)N(C(=O)OC(C)(C)C)[C@H](C(=O)N1CCC[C@H]1c1nc(C(=O)c2cccc(OCCOCCC(=O)O)c2)cs1)C1CCCCC1.